The van der Waals surface area contributed by atoms with E-state index >= 15 is 8.78 Å². The smallest absolute Gasteiger partial charge is 0.407 e. The highest BCUT2D eigenvalue weighted by Gasteiger charge is 2.40. The van der Waals surface area contributed by atoms with Crippen LogP contribution in [0.5, 0.6) is 0 Å². The zero-order valence-corrected chi connectivity index (χ0v) is 37.5. The fraction of sp³-hybridized carbons (Fsp3) is 0.431. The minimum atomic E-state index is -0.951. The van der Waals surface area contributed by atoms with Gasteiger partial charge in [-0.05, 0) is 99.1 Å². The van der Waals surface area contributed by atoms with Crippen molar-refractivity contribution in [2.75, 3.05) is 38.2 Å². The van der Waals surface area contributed by atoms with E-state index < -0.39 is 29.8 Å². The van der Waals surface area contributed by atoms with Crippen molar-refractivity contribution in [1.29, 1.82) is 0 Å². The quantitative estimate of drug-likeness (QED) is 0.0922. The number of imidazole rings is 1. The molecular formula is C51H58F2N8O5. The Hall–Kier alpha value is -6.51. The number of likely N-dealkylation sites (tertiary alicyclic amines) is 2. The number of H-pyrrole nitrogens is 2. The molecule has 4 unspecified atom stereocenters. The number of anilines is 1. The summed E-state index contributed by atoms with van der Waals surface area (Å²) in [5, 5.41) is 5.75. The number of benzene rings is 3. The number of carbonyl (C=O) groups excluding carboxylic acids is 4. The molecule has 13 nitrogen and oxygen atoms in total. The van der Waals surface area contributed by atoms with Gasteiger partial charge in [0.15, 0.2) is 0 Å². The molecular weight excluding hydrogens is 843 g/mol. The molecule has 1 saturated carbocycles. The Kier molecular flexibility index (Phi) is 13.2. The van der Waals surface area contributed by atoms with E-state index in [0.29, 0.717) is 74.5 Å². The lowest BCUT2D eigenvalue weighted by Crippen LogP contribution is -2.46. The molecule has 3 aromatic carbocycles. The normalized spacial score (nSPS) is 19.9. The van der Waals surface area contributed by atoms with Gasteiger partial charge in [0.25, 0.3) is 0 Å². The lowest BCUT2D eigenvalue weighted by molar-refractivity contribution is -0.140. The summed E-state index contributed by atoms with van der Waals surface area (Å²) >= 11 is 0. The third kappa shape index (κ3) is 9.29. The second-order valence-electron chi connectivity index (χ2n) is 18.1. The third-order valence-corrected chi connectivity index (χ3v) is 13.9. The summed E-state index contributed by atoms with van der Waals surface area (Å²) in [4.78, 5) is 70.9. The second kappa shape index (κ2) is 19.5. The van der Waals surface area contributed by atoms with Gasteiger partial charge in [0.05, 0.1) is 19.2 Å². The van der Waals surface area contributed by atoms with Crippen LogP contribution in [0, 0.1) is 17.6 Å². The summed E-state index contributed by atoms with van der Waals surface area (Å²) in [5.41, 5.74) is 4.96. The number of halogens is 2. The lowest BCUT2D eigenvalue weighted by atomic mass is 9.93. The van der Waals surface area contributed by atoms with Gasteiger partial charge in [0.2, 0.25) is 17.7 Å². The monoisotopic (exact) mass is 900 g/mol. The predicted molar refractivity (Wildman–Crippen MR) is 245 cm³/mol. The minimum Gasteiger partial charge on any atom is -0.453 e. The maximum Gasteiger partial charge on any atom is 0.407 e. The number of aryl methyl sites for hydroxylation is 1. The van der Waals surface area contributed by atoms with Crippen LogP contribution in [0.25, 0.3) is 11.3 Å². The van der Waals surface area contributed by atoms with Gasteiger partial charge in [-0.3, -0.25) is 14.4 Å². The molecule has 5 aromatic rings. The van der Waals surface area contributed by atoms with Crippen LogP contribution in [0.4, 0.5) is 19.3 Å². The van der Waals surface area contributed by atoms with Crippen molar-refractivity contribution in [3.8, 4) is 11.3 Å². The Morgan fingerprint density at radius 3 is 1.97 bits per heavy atom. The first-order chi connectivity index (χ1) is 32.1. The van der Waals surface area contributed by atoms with Gasteiger partial charge in [-0.1, -0.05) is 67.6 Å². The molecule has 3 saturated heterocycles. The highest BCUT2D eigenvalue weighted by molar-refractivity contribution is 5.90. The molecule has 5 heterocycles. The molecule has 2 aromatic heterocycles. The number of aromatic nitrogens is 3. The number of piperidine rings is 2. The Bertz CT molecular complexity index is 2510. The van der Waals surface area contributed by atoms with Gasteiger partial charge < -0.3 is 40.0 Å². The van der Waals surface area contributed by atoms with Crippen molar-refractivity contribution in [2.45, 2.75) is 101 Å². The van der Waals surface area contributed by atoms with E-state index in [2.05, 4.69) is 20.6 Å². The van der Waals surface area contributed by atoms with E-state index in [9.17, 15) is 19.2 Å². The molecule has 4 N–H and O–H groups in total. The van der Waals surface area contributed by atoms with Crippen molar-refractivity contribution in [3.05, 3.63) is 131 Å². The summed E-state index contributed by atoms with van der Waals surface area (Å²) in [6.07, 6.45) is 8.74. The number of hydrogen-bond donors (Lipinski definition) is 4. The number of ether oxygens (including phenoxy) is 1. The Balaban J connectivity index is 0.871. The number of nitrogens with one attached hydrogen (secondary N) is 4. The maximum atomic E-state index is 16.2. The van der Waals surface area contributed by atoms with Gasteiger partial charge in [0, 0.05) is 66.9 Å². The zero-order valence-electron chi connectivity index (χ0n) is 37.5. The van der Waals surface area contributed by atoms with Crippen LogP contribution in [0.2, 0.25) is 0 Å². The van der Waals surface area contributed by atoms with E-state index in [1.54, 1.807) is 21.9 Å². The van der Waals surface area contributed by atoms with E-state index in [-0.39, 0.29) is 47.3 Å². The fourth-order valence-corrected chi connectivity index (χ4v) is 10.2. The van der Waals surface area contributed by atoms with E-state index in [1.165, 1.54) is 19.2 Å². The van der Waals surface area contributed by atoms with Gasteiger partial charge in [-0.25, -0.2) is 18.6 Å². The molecule has 346 valence electrons. The highest BCUT2D eigenvalue weighted by atomic mass is 19.1. The number of carbonyl (C=O) groups is 4. The van der Waals surface area contributed by atoms with Gasteiger partial charge >= 0.3 is 6.09 Å². The second-order valence-corrected chi connectivity index (χ2v) is 18.1. The maximum absolute atomic E-state index is 16.2. The van der Waals surface area contributed by atoms with Gasteiger partial charge in [-0.2, -0.15) is 0 Å². The van der Waals surface area contributed by atoms with Crippen LogP contribution < -0.4 is 15.5 Å². The molecule has 4 atom stereocenters. The lowest BCUT2D eigenvalue weighted by Gasteiger charge is -2.37. The summed E-state index contributed by atoms with van der Waals surface area (Å²) < 4.78 is 37.2. The van der Waals surface area contributed by atoms with E-state index in [1.807, 2.05) is 72.6 Å². The fourth-order valence-electron chi connectivity index (χ4n) is 10.2. The van der Waals surface area contributed by atoms with Crippen LogP contribution in [-0.4, -0.2) is 81.9 Å². The molecule has 9 rings (SSSR count). The summed E-state index contributed by atoms with van der Waals surface area (Å²) in [6.45, 7) is 3.93. The highest BCUT2D eigenvalue weighted by Crippen LogP contribution is 2.40. The molecule has 4 fully saturated rings. The number of hydrogen-bond acceptors (Lipinski definition) is 7. The first-order valence-corrected chi connectivity index (χ1v) is 23.5. The number of amides is 4. The number of methoxy groups -OCH3 is 1. The standard InChI is InChI=1S/C51H58F2N8O5/c1-3-31-29-39(55-43(31)41-18-12-24-60(41)50(64)45(58-51(65)66-2)34-15-8-5-9-16-34)36-27-37(52)46(38(53)28-36)59-25-21-32(22-26-59)40-30-54-47(56-40)42-17-10-11-23-61(42)49(63)44(33-13-6-4-7-14-33)57-48(62)35-19-20-35/h4-9,13-16,27-30,32,35,41-42,44-45,55H,3,10-12,17-26H2,1-2H3,(H,54,56)(H,57,62)(H,58,65). The average molecular weight is 901 g/mol. The van der Waals surface area contributed by atoms with Crippen molar-refractivity contribution in [3.63, 3.8) is 0 Å². The Morgan fingerprint density at radius 1 is 0.742 bits per heavy atom. The molecule has 1 aliphatic carbocycles. The topological polar surface area (TPSA) is 156 Å². The molecule has 0 radical (unpaired) electrons. The Morgan fingerprint density at radius 2 is 1.35 bits per heavy atom. The summed E-state index contributed by atoms with van der Waals surface area (Å²) in [7, 11) is 1.26. The number of aromatic amines is 2. The molecule has 0 spiro atoms. The molecule has 4 amide bonds. The van der Waals surface area contributed by atoms with Crippen molar-refractivity contribution in [2.24, 2.45) is 5.92 Å². The molecule has 4 aliphatic rings. The van der Waals surface area contributed by atoms with Crippen molar-refractivity contribution >= 4 is 29.5 Å². The minimum absolute atomic E-state index is 0.0325. The predicted octanol–water partition coefficient (Wildman–Crippen LogP) is 8.71. The number of rotatable bonds is 13. The largest absolute Gasteiger partial charge is 0.453 e. The number of alkyl carbamates (subject to hydrolysis) is 1. The summed E-state index contributed by atoms with van der Waals surface area (Å²) in [6, 6.07) is 20.8. The van der Waals surface area contributed by atoms with Gasteiger partial charge in [0.1, 0.15) is 35.2 Å². The number of nitrogens with zero attached hydrogens (tertiary/aromatic N) is 4. The molecule has 3 aliphatic heterocycles. The molecule has 0 bridgehead atoms. The SMILES string of the molecule is CCc1cc(-c2cc(F)c(N3CCC(c4cnc(C5CCCCN5C(=O)C(NC(=O)C5CC5)c5ccccc5)[nH]4)CC3)c(F)c2)[nH]c1C1CCCN1C(=O)C(NC(=O)OC)c1ccccc1. The molecule has 15 heteroatoms. The van der Waals surface area contributed by atoms with Crippen LogP contribution in [-0.2, 0) is 25.5 Å². The van der Waals surface area contributed by atoms with Crippen molar-refractivity contribution < 1.29 is 32.7 Å². The van der Waals surface area contributed by atoms with Crippen LogP contribution in [0.1, 0.15) is 129 Å². The first-order valence-electron chi connectivity index (χ1n) is 23.5. The van der Waals surface area contributed by atoms with E-state index in [0.717, 1.165) is 61.0 Å². The molecule has 66 heavy (non-hydrogen) atoms. The van der Waals surface area contributed by atoms with Crippen LogP contribution >= 0.6 is 0 Å². The first kappa shape index (κ1) is 44.7. The summed E-state index contributed by atoms with van der Waals surface area (Å²) in [5.74, 6) is -1.02. The third-order valence-electron chi connectivity index (χ3n) is 13.9. The van der Waals surface area contributed by atoms with Crippen molar-refractivity contribution in [1.82, 2.24) is 35.4 Å². The van der Waals surface area contributed by atoms with Gasteiger partial charge in [-0.15, -0.1) is 0 Å². The van der Waals surface area contributed by atoms with Crippen LogP contribution in [0.15, 0.2) is 85.1 Å². The Labute approximate surface area is 383 Å². The van der Waals surface area contributed by atoms with Crippen LogP contribution in [0.3, 0.4) is 0 Å². The average Bonchev–Trinajstić information content (AvgIpc) is 3.67. The zero-order chi connectivity index (χ0) is 45.9. The van der Waals surface area contributed by atoms with E-state index in [4.69, 9.17) is 9.72 Å².